The predicted molar refractivity (Wildman–Crippen MR) is 88.4 cm³/mol. The Labute approximate surface area is 147 Å². The minimum atomic E-state index is -1.17. The van der Waals surface area contributed by atoms with Crippen molar-refractivity contribution in [2.24, 2.45) is 0 Å². The normalized spacial score (nSPS) is 10.2. The van der Waals surface area contributed by atoms with Crippen LogP contribution in [0.4, 0.5) is 34.1 Å². The minimum Gasteiger partial charge on any atom is -0.442 e. The molecular weight excluding hydrogens is 372 g/mol. The van der Waals surface area contributed by atoms with Crippen LogP contribution in [0.3, 0.4) is 0 Å². The minimum absolute atomic E-state index is 0.545. The zero-order chi connectivity index (χ0) is 20.5. The van der Waals surface area contributed by atoms with E-state index in [-0.39, 0.29) is 0 Å². The number of anilines is 2. The van der Waals surface area contributed by atoms with Crippen molar-refractivity contribution < 1.29 is 24.4 Å². The molecule has 0 spiro atoms. The summed E-state index contributed by atoms with van der Waals surface area (Å²) in [5.74, 6) is -1.55. The van der Waals surface area contributed by atoms with Crippen LogP contribution in [0, 0.1) is 40.5 Å². The fourth-order valence-electron chi connectivity index (χ4n) is 2.17. The Morgan fingerprint density at radius 3 is 1.15 bits per heavy atom. The summed E-state index contributed by atoms with van der Waals surface area (Å²) in [4.78, 5) is 40.0. The van der Waals surface area contributed by atoms with Crippen molar-refractivity contribution in [3.05, 3.63) is 64.7 Å². The number of nitro groups is 4. The Morgan fingerprint density at radius 1 is 0.593 bits per heavy atom. The molecule has 15 heteroatoms. The summed E-state index contributed by atoms with van der Waals surface area (Å²) in [7, 11) is 0. The van der Waals surface area contributed by atoms with Crippen molar-refractivity contribution in [1.29, 1.82) is 0 Å². The number of ether oxygens (including phenoxy) is 1. The zero-order valence-corrected chi connectivity index (χ0v) is 12.9. The molecule has 0 saturated carbocycles. The highest BCUT2D eigenvalue weighted by Crippen LogP contribution is 2.47. The van der Waals surface area contributed by atoms with Gasteiger partial charge in [-0.2, -0.15) is 0 Å². The van der Waals surface area contributed by atoms with Gasteiger partial charge >= 0.3 is 22.7 Å². The van der Waals surface area contributed by atoms with E-state index in [1.54, 1.807) is 0 Å². The van der Waals surface area contributed by atoms with Gasteiger partial charge in [-0.25, -0.2) is 0 Å². The molecule has 140 valence electrons. The van der Waals surface area contributed by atoms with Gasteiger partial charge in [-0.3, -0.25) is 40.5 Å². The Balaban J connectivity index is 2.76. The van der Waals surface area contributed by atoms with Gasteiger partial charge in [-0.1, -0.05) is 0 Å². The van der Waals surface area contributed by atoms with E-state index in [1.165, 1.54) is 0 Å². The third-order valence-electron chi connectivity index (χ3n) is 3.24. The molecule has 27 heavy (non-hydrogen) atoms. The summed E-state index contributed by atoms with van der Waals surface area (Å²) in [6.45, 7) is 0. The van der Waals surface area contributed by atoms with Crippen molar-refractivity contribution in [2.45, 2.75) is 0 Å². The van der Waals surface area contributed by atoms with Gasteiger partial charge in [0.2, 0.25) is 11.5 Å². The van der Waals surface area contributed by atoms with Crippen LogP contribution in [0.2, 0.25) is 0 Å². The zero-order valence-electron chi connectivity index (χ0n) is 12.9. The maximum atomic E-state index is 11.2. The number of nitrogens with zero attached hydrogens (tertiary/aromatic N) is 4. The molecule has 0 aliphatic rings. The number of rotatable bonds is 6. The predicted octanol–water partition coefficient (Wildman–Crippen LogP) is 2.28. The first-order valence-electron chi connectivity index (χ1n) is 6.66. The lowest BCUT2D eigenvalue weighted by Crippen LogP contribution is -2.05. The third-order valence-corrected chi connectivity index (χ3v) is 3.24. The SMILES string of the molecule is Nc1ccc(Oc2ccc(N)c([N+](=O)[O-])c2[N+](=O)[O-])c([N+](=O)[O-])c1[N+](=O)[O-]. The summed E-state index contributed by atoms with van der Waals surface area (Å²) in [6.07, 6.45) is 0. The second-order valence-electron chi connectivity index (χ2n) is 4.83. The number of hydrogen-bond acceptors (Lipinski definition) is 11. The van der Waals surface area contributed by atoms with Gasteiger partial charge in [-0.15, -0.1) is 0 Å². The van der Waals surface area contributed by atoms with E-state index in [4.69, 9.17) is 16.2 Å². The first kappa shape index (κ1) is 18.8. The Bertz CT molecular complexity index is 926. The smallest absolute Gasteiger partial charge is 0.390 e. The standard InChI is InChI=1S/C12H8N6O9/c13-5-1-3-7(11(17(23)24)9(5)15(19)20)27-8-4-2-6(14)10(16(21)22)12(8)18(25)26/h1-4H,13-14H2. The van der Waals surface area contributed by atoms with E-state index in [1.807, 2.05) is 0 Å². The van der Waals surface area contributed by atoms with Crippen molar-refractivity contribution in [1.82, 2.24) is 0 Å². The molecule has 2 aromatic rings. The van der Waals surface area contributed by atoms with Gasteiger partial charge in [0.15, 0.2) is 0 Å². The molecular formula is C12H8N6O9. The third kappa shape index (κ3) is 3.31. The lowest BCUT2D eigenvalue weighted by Gasteiger charge is -2.09. The highest BCUT2D eigenvalue weighted by molar-refractivity contribution is 5.77. The first-order chi connectivity index (χ1) is 12.6. The van der Waals surface area contributed by atoms with E-state index in [0.717, 1.165) is 24.3 Å². The van der Waals surface area contributed by atoms with Crippen LogP contribution >= 0.6 is 0 Å². The summed E-state index contributed by atoms with van der Waals surface area (Å²) >= 11 is 0. The first-order valence-corrected chi connectivity index (χ1v) is 6.66. The van der Waals surface area contributed by atoms with E-state index >= 15 is 0 Å². The monoisotopic (exact) mass is 380 g/mol. The van der Waals surface area contributed by atoms with Crippen molar-refractivity contribution in [2.75, 3.05) is 11.5 Å². The average molecular weight is 380 g/mol. The lowest BCUT2D eigenvalue weighted by atomic mass is 10.2. The summed E-state index contributed by atoms with van der Waals surface area (Å²) < 4.78 is 5.05. The summed E-state index contributed by atoms with van der Waals surface area (Å²) in [5.41, 5.74) is 5.12. The molecule has 0 heterocycles. The van der Waals surface area contributed by atoms with Crippen LogP contribution in [0.5, 0.6) is 11.5 Å². The Hall–Kier alpha value is -4.56. The van der Waals surface area contributed by atoms with Gasteiger partial charge in [0, 0.05) is 0 Å². The largest absolute Gasteiger partial charge is 0.442 e. The molecule has 0 atom stereocenters. The van der Waals surface area contributed by atoms with Gasteiger partial charge in [0.1, 0.15) is 11.4 Å². The molecule has 0 fully saturated rings. The fourth-order valence-corrected chi connectivity index (χ4v) is 2.17. The molecule has 2 aromatic carbocycles. The molecule has 0 saturated heterocycles. The fraction of sp³-hybridized carbons (Fsp3) is 0. The van der Waals surface area contributed by atoms with Crippen LogP contribution in [-0.4, -0.2) is 19.7 Å². The lowest BCUT2D eigenvalue weighted by molar-refractivity contribution is -0.423. The van der Waals surface area contributed by atoms with Crippen LogP contribution in [0.25, 0.3) is 0 Å². The highest BCUT2D eigenvalue weighted by atomic mass is 16.7. The molecule has 0 amide bonds. The molecule has 0 aliphatic heterocycles. The van der Waals surface area contributed by atoms with E-state index in [2.05, 4.69) is 0 Å². The van der Waals surface area contributed by atoms with E-state index in [0.29, 0.717) is 0 Å². The molecule has 0 aromatic heterocycles. The molecule has 15 nitrogen and oxygen atoms in total. The second-order valence-corrected chi connectivity index (χ2v) is 4.83. The Kier molecular flexibility index (Phi) is 4.69. The van der Waals surface area contributed by atoms with Crippen LogP contribution in [0.1, 0.15) is 0 Å². The van der Waals surface area contributed by atoms with E-state index in [9.17, 15) is 40.5 Å². The number of nitrogen functional groups attached to an aromatic ring is 2. The van der Waals surface area contributed by atoms with Gasteiger partial charge in [0.05, 0.1) is 19.7 Å². The van der Waals surface area contributed by atoms with E-state index < -0.39 is 65.3 Å². The highest BCUT2D eigenvalue weighted by Gasteiger charge is 2.37. The van der Waals surface area contributed by atoms with Crippen molar-refractivity contribution in [3.8, 4) is 11.5 Å². The van der Waals surface area contributed by atoms with Crippen molar-refractivity contribution in [3.63, 3.8) is 0 Å². The molecule has 2 rings (SSSR count). The average Bonchev–Trinajstić information content (AvgIpc) is 2.55. The number of hydrogen-bond donors (Lipinski definition) is 2. The van der Waals surface area contributed by atoms with Crippen LogP contribution in [0.15, 0.2) is 24.3 Å². The number of benzene rings is 2. The molecule has 0 radical (unpaired) electrons. The van der Waals surface area contributed by atoms with Crippen molar-refractivity contribution >= 4 is 34.1 Å². The molecule has 0 unspecified atom stereocenters. The number of nitrogens with two attached hydrogens (primary N) is 2. The van der Waals surface area contributed by atoms with Crippen LogP contribution < -0.4 is 16.2 Å². The summed E-state index contributed by atoms with van der Waals surface area (Å²) in [6, 6.07) is 3.56. The summed E-state index contributed by atoms with van der Waals surface area (Å²) in [5, 5.41) is 44.6. The topological polar surface area (TPSA) is 234 Å². The Morgan fingerprint density at radius 2 is 0.889 bits per heavy atom. The van der Waals surface area contributed by atoms with Crippen LogP contribution in [-0.2, 0) is 0 Å². The molecule has 0 bridgehead atoms. The molecule has 0 aliphatic carbocycles. The maximum absolute atomic E-state index is 11.2. The maximum Gasteiger partial charge on any atom is 0.390 e. The van der Waals surface area contributed by atoms with Gasteiger partial charge in [-0.05, 0) is 24.3 Å². The quantitative estimate of drug-likeness (QED) is 0.418. The molecule has 4 N–H and O–H groups in total. The second kappa shape index (κ2) is 6.75. The van der Waals surface area contributed by atoms with Gasteiger partial charge < -0.3 is 16.2 Å². The van der Waals surface area contributed by atoms with Gasteiger partial charge in [0.25, 0.3) is 0 Å². The number of nitro benzene ring substituents is 4.